The van der Waals surface area contributed by atoms with E-state index in [1.54, 1.807) is 48.8 Å². The fourth-order valence-corrected chi connectivity index (χ4v) is 6.73. The third kappa shape index (κ3) is 7.33. The first-order chi connectivity index (χ1) is 22.8. The number of hydrogen-bond acceptors (Lipinski definition) is 6. The molecule has 1 unspecified atom stereocenters. The zero-order valence-electron chi connectivity index (χ0n) is 25.2. The maximum absolute atomic E-state index is 13.5. The van der Waals surface area contributed by atoms with Crippen molar-refractivity contribution in [3.8, 4) is 16.9 Å². The molecule has 1 aliphatic rings. The first-order valence-electron chi connectivity index (χ1n) is 14.8. The number of nitrogens with one attached hydrogen (secondary N) is 2. The van der Waals surface area contributed by atoms with Gasteiger partial charge in [-0.15, -0.1) is 11.8 Å². The van der Waals surface area contributed by atoms with E-state index in [0.717, 1.165) is 28.2 Å². The average Bonchev–Trinajstić information content (AvgIpc) is 3.78. The van der Waals surface area contributed by atoms with Crippen molar-refractivity contribution in [1.82, 2.24) is 25.4 Å². The smallest absolute Gasteiger partial charge is 0.258 e. The van der Waals surface area contributed by atoms with Gasteiger partial charge in [0.25, 0.3) is 5.91 Å². The Bertz CT molecular complexity index is 1960. The van der Waals surface area contributed by atoms with Crippen molar-refractivity contribution in [2.45, 2.75) is 24.1 Å². The number of nitrogens with zero attached hydrogens (tertiary/aromatic N) is 3. The van der Waals surface area contributed by atoms with Gasteiger partial charge in [0, 0.05) is 42.6 Å². The lowest BCUT2D eigenvalue weighted by atomic mass is 9.99. The van der Waals surface area contributed by atoms with E-state index >= 15 is 0 Å². The van der Waals surface area contributed by atoms with E-state index in [-0.39, 0.29) is 29.3 Å². The van der Waals surface area contributed by atoms with Gasteiger partial charge in [0.1, 0.15) is 6.04 Å². The van der Waals surface area contributed by atoms with Crippen LogP contribution in [0.5, 0.6) is 0 Å². The van der Waals surface area contributed by atoms with Crippen LogP contribution >= 0.6 is 35.0 Å². The van der Waals surface area contributed by atoms with E-state index in [1.165, 1.54) is 18.8 Å². The summed E-state index contributed by atoms with van der Waals surface area (Å²) in [5.74, 6) is -0.738. The summed E-state index contributed by atoms with van der Waals surface area (Å²) in [6.07, 6.45) is 6.17. The molecule has 47 heavy (non-hydrogen) atoms. The number of likely N-dealkylation sites (N-methyl/N-ethyl adjacent to an activating group) is 1. The van der Waals surface area contributed by atoms with Crippen LogP contribution in [-0.2, 0) is 16.0 Å². The number of halogens is 2. The van der Waals surface area contributed by atoms with Gasteiger partial charge in [0.2, 0.25) is 5.91 Å². The van der Waals surface area contributed by atoms with Crippen molar-refractivity contribution >= 4 is 52.6 Å². The van der Waals surface area contributed by atoms with Crippen LogP contribution < -0.4 is 10.6 Å². The number of thioether (sulfide) groups is 1. The Labute approximate surface area is 286 Å². The quantitative estimate of drug-likeness (QED) is 0.154. The van der Waals surface area contributed by atoms with Crippen molar-refractivity contribution in [2.24, 2.45) is 0 Å². The van der Waals surface area contributed by atoms with E-state index in [1.807, 2.05) is 65.4 Å². The molecule has 2 aromatic heterocycles. The summed E-state index contributed by atoms with van der Waals surface area (Å²) >= 11 is 14.0. The van der Waals surface area contributed by atoms with Gasteiger partial charge in [-0.3, -0.25) is 19.4 Å². The van der Waals surface area contributed by atoms with Crippen LogP contribution in [0.15, 0.2) is 114 Å². The largest absolute Gasteiger partial charge is 0.357 e. The number of ketones is 1. The van der Waals surface area contributed by atoms with Gasteiger partial charge >= 0.3 is 0 Å². The molecule has 0 fully saturated rings. The molecule has 0 saturated heterocycles. The summed E-state index contributed by atoms with van der Waals surface area (Å²) < 4.78 is 1.82. The Kier molecular flexibility index (Phi) is 9.87. The van der Waals surface area contributed by atoms with Crippen molar-refractivity contribution in [1.29, 1.82) is 0 Å². The second kappa shape index (κ2) is 14.4. The number of pyridine rings is 1. The van der Waals surface area contributed by atoms with Crippen molar-refractivity contribution in [3.05, 3.63) is 147 Å². The topological polar surface area (TPSA) is 106 Å². The molecule has 3 aromatic carbocycles. The molecule has 0 bridgehead atoms. The predicted octanol–water partition coefficient (Wildman–Crippen LogP) is 7.01. The molecule has 236 valence electrons. The molecule has 0 saturated carbocycles. The van der Waals surface area contributed by atoms with Crippen LogP contribution in [0, 0.1) is 0 Å². The number of rotatable bonds is 10. The van der Waals surface area contributed by atoms with E-state index < -0.39 is 6.04 Å². The number of benzene rings is 3. The second-order valence-corrected chi connectivity index (χ2v) is 12.9. The molecule has 2 amide bonds. The van der Waals surface area contributed by atoms with Gasteiger partial charge in [-0.05, 0) is 48.4 Å². The molecule has 2 N–H and O–H groups in total. The normalized spacial score (nSPS) is 14.7. The van der Waals surface area contributed by atoms with Crippen molar-refractivity contribution in [2.75, 3.05) is 7.05 Å². The Balaban J connectivity index is 1.17. The molecule has 0 radical (unpaired) electrons. The SMILES string of the molecule is CNC(=O)[C@H](Cc1ccc(C(=O)c2ccccc2)cc1)NC(=O)C1=CCC(c2cc(-c3cccnc3)nn2-c2ccc(Cl)c(Cl)c2)S1. The number of allylic oxidation sites excluding steroid dienone is 1. The lowest BCUT2D eigenvalue weighted by Gasteiger charge is -2.18. The number of carbonyl (C=O) groups excluding carboxylic acids is 3. The lowest BCUT2D eigenvalue weighted by molar-refractivity contribution is -0.126. The van der Waals surface area contributed by atoms with E-state index in [0.29, 0.717) is 32.5 Å². The summed E-state index contributed by atoms with van der Waals surface area (Å²) in [4.78, 5) is 43.9. The number of carbonyl (C=O) groups is 3. The zero-order valence-corrected chi connectivity index (χ0v) is 27.5. The minimum atomic E-state index is -0.817. The Hall–Kier alpha value is -4.70. The third-order valence-electron chi connectivity index (χ3n) is 7.74. The molecule has 3 heterocycles. The van der Waals surface area contributed by atoms with Gasteiger partial charge < -0.3 is 10.6 Å². The minimum absolute atomic E-state index is 0.0823. The van der Waals surface area contributed by atoms with E-state index in [2.05, 4.69) is 15.6 Å². The third-order valence-corrected chi connectivity index (χ3v) is 9.81. The van der Waals surface area contributed by atoms with Crippen molar-refractivity contribution < 1.29 is 14.4 Å². The zero-order chi connectivity index (χ0) is 32.9. The number of hydrogen-bond donors (Lipinski definition) is 2. The highest BCUT2D eigenvalue weighted by Gasteiger charge is 2.30. The summed E-state index contributed by atoms with van der Waals surface area (Å²) in [7, 11) is 1.53. The molecule has 0 spiro atoms. The van der Waals surface area contributed by atoms with Gasteiger partial charge in [-0.25, -0.2) is 4.68 Å². The second-order valence-electron chi connectivity index (χ2n) is 10.9. The van der Waals surface area contributed by atoms with Crippen LogP contribution in [0.4, 0.5) is 0 Å². The number of amides is 2. The highest BCUT2D eigenvalue weighted by molar-refractivity contribution is 8.04. The molecule has 11 heteroatoms. The van der Waals surface area contributed by atoms with Crippen LogP contribution in [-0.4, -0.2) is 45.5 Å². The molecule has 5 aromatic rings. The highest BCUT2D eigenvalue weighted by Crippen LogP contribution is 2.45. The molecular weight excluding hydrogens is 653 g/mol. The molecular formula is C36H29Cl2N5O3S. The standard InChI is InChI=1S/C36H29Cl2N5O3S/c1-39-35(45)30(18-22-9-11-24(12-10-22)34(44)23-6-3-2-4-7-23)41-36(46)33-16-15-32(47-33)31-20-29(25-8-5-17-40-21-25)42-43(31)26-13-14-27(37)28(38)19-26/h2-14,16-17,19-21,30,32H,15,18H2,1H3,(H,39,45)(H,41,46)/t30-,32?/m0/s1. The Morgan fingerprint density at radius 1 is 0.936 bits per heavy atom. The van der Waals surface area contributed by atoms with Crippen molar-refractivity contribution in [3.63, 3.8) is 0 Å². The maximum atomic E-state index is 13.5. The van der Waals surface area contributed by atoms with E-state index in [4.69, 9.17) is 28.3 Å². The fraction of sp³-hybridized carbons (Fsp3) is 0.139. The first kappa shape index (κ1) is 32.2. The number of aromatic nitrogens is 3. The summed E-state index contributed by atoms with van der Waals surface area (Å²) in [6, 6.07) is 26.4. The summed E-state index contributed by atoms with van der Waals surface area (Å²) in [6.45, 7) is 0. The Morgan fingerprint density at radius 2 is 1.70 bits per heavy atom. The van der Waals surface area contributed by atoms with Crippen LogP contribution in [0.3, 0.4) is 0 Å². The average molecular weight is 683 g/mol. The van der Waals surface area contributed by atoms with Gasteiger partial charge in [0.05, 0.1) is 37.3 Å². The van der Waals surface area contributed by atoms with E-state index in [9.17, 15) is 14.4 Å². The molecule has 6 rings (SSSR count). The fourth-order valence-electron chi connectivity index (χ4n) is 5.29. The minimum Gasteiger partial charge on any atom is -0.357 e. The molecule has 8 nitrogen and oxygen atoms in total. The first-order valence-corrected chi connectivity index (χ1v) is 16.5. The lowest BCUT2D eigenvalue weighted by Crippen LogP contribution is -2.47. The molecule has 2 atom stereocenters. The van der Waals surface area contributed by atoms with Crippen LogP contribution in [0.1, 0.15) is 38.8 Å². The Morgan fingerprint density at radius 3 is 2.40 bits per heavy atom. The molecule has 0 aliphatic carbocycles. The maximum Gasteiger partial charge on any atom is 0.258 e. The monoisotopic (exact) mass is 681 g/mol. The highest BCUT2D eigenvalue weighted by atomic mass is 35.5. The van der Waals surface area contributed by atoms with Gasteiger partial charge in [0.15, 0.2) is 5.78 Å². The summed E-state index contributed by atoms with van der Waals surface area (Å²) in [5.41, 5.74) is 5.15. The van der Waals surface area contributed by atoms with Gasteiger partial charge in [-0.1, -0.05) is 83.9 Å². The van der Waals surface area contributed by atoms with Crippen LogP contribution in [0.2, 0.25) is 10.0 Å². The van der Waals surface area contributed by atoms with Crippen LogP contribution in [0.25, 0.3) is 16.9 Å². The summed E-state index contributed by atoms with van der Waals surface area (Å²) in [5, 5.41) is 11.1. The van der Waals surface area contributed by atoms with Gasteiger partial charge in [-0.2, -0.15) is 5.10 Å². The predicted molar refractivity (Wildman–Crippen MR) is 186 cm³/mol. The molecule has 1 aliphatic heterocycles.